The molecule has 2 nitrogen and oxygen atoms in total. The van der Waals surface area contributed by atoms with Crippen molar-refractivity contribution in [1.29, 1.82) is 0 Å². The molecule has 0 bridgehead atoms. The van der Waals surface area contributed by atoms with Crippen LogP contribution in [0.25, 0.3) is 0 Å². The molecule has 3 heteroatoms. The van der Waals surface area contributed by atoms with Gasteiger partial charge in [0.1, 0.15) is 0 Å². The third kappa shape index (κ3) is 38.2. The number of rotatable bonds is 38. The second kappa shape index (κ2) is 38.3. The average molecular weight is 625 g/mol. The maximum Gasteiger partial charge on any atom is 0.304 e. The Morgan fingerprint density at radius 3 is 0.698 bits per heavy atom. The van der Waals surface area contributed by atoms with Gasteiger partial charge in [-0.2, -0.15) is 0 Å². The average Bonchev–Trinajstić information content (AvgIpc) is 3.00. The topological polar surface area (TPSA) is 18.5 Å². The molecule has 0 N–H and O–H groups in total. The highest BCUT2D eigenvalue weighted by Crippen LogP contribution is 2.16. The van der Waals surface area contributed by atoms with Gasteiger partial charge in [0.05, 0.1) is 0 Å². The molecule has 0 saturated carbocycles. The highest BCUT2D eigenvalue weighted by atomic mass is 28.3. The smallest absolute Gasteiger partial charge is 0.304 e. The molecule has 0 saturated heterocycles. The highest BCUT2D eigenvalue weighted by Gasteiger charge is 2.06. The van der Waals surface area contributed by atoms with Gasteiger partial charge in [0.2, 0.25) is 0 Å². The summed E-state index contributed by atoms with van der Waals surface area (Å²) in [4.78, 5) is 0. The molecule has 43 heavy (non-hydrogen) atoms. The van der Waals surface area contributed by atoms with Crippen LogP contribution in [0.5, 0.6) is 0 Å². The fourth-order valence-electron chi connectivity index (χ4n) is 6.40. The molecule has 0 fully saturated rings. The van der Waals surface area contributed by atoms with E-state index in [1.165, 1.54) is 218 Å². The number of hydrogen-bond acceptors (Lipinski definition) is 2. The van der Waals surface area contributed by atoms with Gasteiger partial charge in [-0.25, -0.2) is 0 Å². The van der Waals surface area contributed by atoms with Gasteiger partial charge in [-0.15, -0.1) is 0 Å². The van der Waals surface area contributed by atoms with E-state index in [0.29, 0.717) is 12.2 Å². The van der Waals surface area contributed by atoms with E-state index >= 15 is 0 Å². The van der Waals surface area contributed by atoms with Gasteiger partial charge < -0.3 is 8.85 Å². The van der Waals surface area contributed by atoms with Crippen LogP contribution >= 0.6 is 0 Å². The molecular formula is C40H84O2Si. The predicted octanol–water partition coefficient (Wildman–Crippen LogP) is 14.1. The minimum atomic E-state index is -0.818. The first kappa shape index (κ1) is 43.1. The fourth-order valence-corrected chi connectivity index (χ4v) is 7.27. The minimum Gasteiger partial charge on any atom is -0.396 e. The van der Waals surface area contributed by atoms with Crippen LogP contribution in [0.2, 0.25) is 0 Å². The lowest BCUT2D eigenvalue weighted by Gasteiger charge is -2.17. The Morgan fingerprint density at radius 2 is 0.488 bits per heavy atom. The van der Waals surface area contributed by atoms with Crippen molar-refractivity contribution in [2.45, 2.75) is 258 Å². The van der Waals surface area contributed by atoms with Crippen molar-refractivity contribution < 1.29 is 8.85 Å². The van der Waals surface area contributed by atoms with E-state index in [4.69, 9.17) is 8.85 Å². The standard InChI is InChI=1S/C40H84O2Si/c1-5-7-9-11-13-15-17-19-21-23-25-27-29-31-33-35-37-39(3)41-43-42-40(4)38-36-34-32-30-28-26-24-22-20-18-16-14-12-10-8-6-2/h39-40H,5-38,43H2,1-4H3. The van der Waals surface area contributed by atoms with Gasteiger partial charge in [0, 0.05) is 12.2 Å². The molecule has 0 radical (unpaired) electrons. The van der Waals surface area contributed by atoms with Gasteiger partial charge in [0.15, 0.2) is 0 Å². The molecular weight excluding hydrogens is 541 g/mol. The van der Waals surface area contributed by atoms with E-state index in [1.54, 1.807) is 0 Å². The molecule has 2 unspecified atom stereocenters. The maximum atomic E-state index is 6.09. The van der Waals surface area contributed by atoms with Crippen molar-refractivity contribution >= 4 is 10.0 Å². The minimum absolute atomic E-state index is 0.390. The molecule has 0 aromatic carbocycles. The van der Waals surface area contributed by atoms with Crippen molar-refractivity contribution in [3.05, 3.63) is 0 Å². The maximum absolute atomic E-state index is 6.09. The van der Waals surface area contributed by atoms with Crippen molar-refractivity contribution in [3.63, 3.8) is 0 Å². The summed E-state index contributed by atoms with van der Waals surface area (Å²) in [6.07, 6.45) is 49.1. The van der Waals surface area contributed by atoms with Crippen molar-refractivity contribution in [3.8, 4) is 0 Å². The van der Waals surface area contributed by atoms with Crippen LogP contribution in [0.15, 0.2) is 0 Å². The molecule has 0 amide bonds. The second-order valence-corrected chi connectivity index (χ2v) is 15.2. The van der Waals surface area contributed by atoms with Gasteiger partial charge in [-0.05, 0) is 26.7 Å². The first-order valence-electron chi connectivity index (χ1n) is 20.4. The van der Waals surface area contributed by atoms with Crippen LogP contribution in [0.3, 0.4) is 0 Å². The summed E-state index contributed by atoms with van der Waals surface area (Å²) >= 11 is 0. The highest BCUT2D eigenvalue weighted by molar-refractivity contribution is 6.18. The van der Waals surface area contributed by atoms with Crippen LogP contribution < -0.4 is 0 Å². The first-order valence-corrected chi connectivity index (χ1v) is 21.6. The second-order valence-electron chi connectivity index (χ2n) is 14.3. The van der Waals surface area contributed by atoms with Crippen LogP contribution in [0.4, 0.5) is 0 Å². The molecule has 2 atom stereocenters. The van der Waals surface area contributed by atoms with E-state index in [2.05, 4.69) is 27.7 Å². The van der Waals surface area contributed by atoms with E-state index in [1.807, 2.05) is 0 Å². The molecule has 0 aliphatic carbocycles. The quantitative estimate of drug-likeness (QED) is 0.0502. The molecule has 0 aliphatic heterocycles. The predicted molar refractivity (Wildman–Crippen MR) is 198 cm³/mol. The van der Waals surface area contributed by atoms with Gasteiger partial charge >= 0.3 is 10.0 Å². The summed E-state index contributed by atoms with van der Waals surface area (Å²) in [5.74, 6) is 0. The monoisotopic (exact) mass is 625 g/mol. The molecule has 0 aromatic heterocycles. The van der Waals surface area contributed by atoms with Gasteiger partial charge in [-0.3, -0.25) is 0 Å². The van der Waals surface area contributed by atoms with Crippen molar-refractivity contribution in [2.75, 3.05) is 0 Å². The summed E-state index contributed by atoms with van der Waals surface area (Å²) in [7, 11) is -0.818. The molecule has 0 aliphatic rings. The van der Waals surface area contributed by atoms with E-state index in [-0.39, 0.29) is 0 Å². The van der Waals surface area contributed by atoms with E-state index in [0.717, 1.165) is 0 Å². The first-order chi connectivity index (χ1) is 21.2. The van der Waals surface area contributed by atoms with E-state index < -0.39 is 10.0 Å². The number of unbranched alkanes of at least 4 members (excludes halogenated alkanes) is 30. The summed E-state index contributed by atoms with van der Waals surface area (Å²) in [5, 5.41) is 0. The SMILES string of the molecule is CCCCCCCCCCCCCCCCCCC(C)O[SiH2]OC(C)CCCCCCCCCCCCCCCCCC. The summed E-state index contributed by atoms with van der Waals surface area (Å²) in [6.45, 7) is 9.11. The number of hydrogen-bond donors (Lipinski definition) is 0. The van der Waals surface area contributed by atoms with Crippen LogP contribution in [-0.2, 0) is 8.85 Å². The van der Waals surface area contributed by atoms with Gasteiger partial charge in [-0.1, -0.05) is 219 Å². The third-order valence-electron chi connectivity index (χ3n) is 9.63. The third-order valence-corrected chi connectivity index (χ3v) is 11.0. The summed E-state index contributed by atoms with van der Waals surface area (Å²) in [5.41, 5.74) is 0. The van der Waals surface area contributed by atoms with Gasteiger partial charge in [0.25, 0.3) is 0 Å². The zero-order chi connectivity index (χ0) is 31.3. The fraction of sp³-hybridized carbons (Fsp3) is 1.00. The Balaban J connectivity index is 3.25. The zero-order valence-corrected chi connectivity index (χ0v) is 32.1. The molecule has 0 aromatic rings. The van der Waals surface area contributed by atoms with Crippen molar-refractivity contribution in [2.24, 2.45) is 0 Å². The molecule has 260 valence electrons. The Kier molecular flexibility index (Phi) is 38.4. The lowest BCUT2D eigenvalue weighted by molar-refractivity contribution is 0.123. The molecule has 0 rings (SSSR count). The Morgan fingerprint density at radius 1 is 0.302 bits per heavy atom. The Hall–Kier alpha value is 0.137. The van der Waals surface area contributed by atoms with Crippen LogP contribution in [-0.4, -0.2) is 22.2 Å². The lowest BCUT2D eigenvalue weighted by Crippen LogP contribution is -2.19. The van der Waals surface area contributed by atoms with E-state index in [9.17, 15) is 0 Å². The van der Waals surface area contributed by atoms with Crippen molar-refractivity contribution in [1.82, 2.24) is 0 Å². The largest absolute Gasteiger partial charge is 0.396 e. The zero-order valence-electron chi connectivity index (χ0n) is 30.7. The molecule has 0 heterocycles. The lowest BCUT2D eigenvalue weighted by atomic mass is 10.0. The normalized spacial score (nSPS) is 13.4. The van der Waals surface area contributed by atoms with Crippen LogP contribution in [0, 0.1) is 0 Å². The Bertz CT molecular complexity index is 443. The van der Waals surface area contributed by atoms with Crippen LogP contribution in [0.1, 0.15) is 246 Å². The Labute approximate surface area is 276 Å². The summed E-state index contributed by atoms with van der Waals surface area (Å²) in [6, 6.07) is 0. The summed E-state index contributed by atoms with van der Waals surface area (Å²) < 4.78 is 12.2. The molecule has 0 spiro atoms.